The van der Waals surface area contributed by atoms with Gasteiger partial charge in [-0.3, -0.25) is 4.79 Å². The molecule has 5 nitrogen and oxygen atoms in total. The number of benzene rings is 2. The summed E-state index contributed by atoms with van der Waals surface area (Å²) in [5.41, 5.74) is 2.99. The number of amides is 1. The second-order valence-electron chi connectivity index (χ2n) is 8.60. The van der Waals surface area contributed by atoms with Crippen LogP contribution in [0.5, 0.6) is 0 Å². The van der Waals surface area contributed by atoms with Gasteiger partial charge in [0.05, 0.1) is 10.3 Å². The van der Waals surface area contributed by atoms with Gasteiger partial charge in [-0.1, -0.05) is 57.2 Å². The van der Waals surface area contributed by atoms with E-state index < -0.39 is 15.4 Å². The summed E-state index contributed by atoms with van der Waals surface area (Å²) in [6.07, 6.45) is 2.38. The summed E-state index contributed by atoms with van der Waals surface area (Å²) in [5.74, 6) is 0.0668. The van der Waals surface area contributed by atoms with Crippen LogP contribution in [-0.4, -0.2) is 20.9 Å². The fourth-order valence-electron chi connectivity index (χ4n) is 3.40. The lowest BCUT2D eigenvalue weighted by Gasteiger charge is -2.21. The number of carbonyl (C=O) groups is 1. The van der Waals surface area contributed by atoms with Gasteiger partial charge in [0, 0.05) is 6.54 Å². The standard InChI is InChI=1S/C22H28N2O3S/c1-21(2,3)17-6-8-18(9-7-17)22(13-14-22)20(25)24-15-12-16-4-10-19(11-5-16)28(23,26)27/h4-11H,12-15H2,1-3H3,(H,24,25)(H2,23,26,27). The Morgan fingerprint density at radius 3 is 2.07 bits per heavy atom. The summed E-state index contributed by atoms with van der Waals surface area (Å²) < 4.78 is 22.6. The summed E-state index contributed by atoms with van der Waals surface area (Å²) in [5, 5.41) is 8.15. The number of rotatable bonds is 6. The first kappa shape index (κ1) is 20.6. The molecule has 0 aromatic heterocycles. The molecule has 1 aliphatic carbocycles. The Balaban J connectivity index is 1.59. The molecule has 28 heavy (non-hydrogen) atoms. The van der Waals surface area contributed by atoms with Crippen molar-refractivity contribution in [2.75, 3.05) is 6.54 Å². The average molecular weight is 401 g/mol. The minimum atomic E-state index is -3.68. The van der Waals surface area contributed by atoms with Gasteiger partial charge in [-0.25, -0.2) is 13.6 Å². The van der Waals surface area contributed by atoms with E-state index in [9.17, 15) is 13.2 Å². The fourth-order valence-corrected chi connectivity index (χ4v) is 3.91. The van der Waals surface area contributed by atoms with Crippen molar-refractivity contribution in [1.29, 1.82) is 0 Å². The van der Waals surface area contributed by atoms with Gasteiger partial charge in [0.1, 0.15) is 0 Å². The molecule has 0 atom stereocenters. The van der Waals surface area contributed by atoms with Crippen molar-refractivity contribution >= 4 is 15.9 Å². The van der Waals surface area contributed by atoms with E-state index in [1.54, 1.807) is 12.1 Å². The Bertz CT molecular complexity index is 952. The van der Waals surface area contributed by atoms with Crippen LogP contribution in [-0.2, 0) is 32.1 Å². The third-order valence-electron chi connectivity index (χ3n) is 5.44. The molecule has 150 valence electrons. The van der Waals surface area contributed by atoms with E-state index in [1.165, 1.54) is 17.7 Å². The van der Waals surface area contributed by atoms with Crippen LogP contribution >= 0.6 is 0 Å². The maximum Gasteiger partial charge on any atom is 0.238 e. The van der Waals surface area contributed by atoms with Crippen LogP contribution in [0.15, 0.2) is 53.4 Å². The summed E-state index contributed by atoms with van der Waals surface area (Å²) in [6, 6.07) is 14.8. The first-order chi connectivity index (χ1) is 13.0. The number of hydrogen-bond donors (Lipinski definition) is 2. The molecule has 1 aliphatic rings. The SMILES string of the molecule is CC(C)(C)c1ccc(C2(C(=O)NCCc3ccc(S(N)(=O)=O)cc3)CC2)cc1. The number of hydrogen-bond acceptors (Lipinski definition) is 3. The topological polar surface area (TPSA) is 89.3 Å². The second kappa shape index (κ2) is 7.33. The first-order valence-corrected chi connectivity index (χ1v) is 11.1. The Labute approximate surface area is 167 Å². The minimum Gasteiger partial charge on any atom is -0.355 e. The van der Waals surface area contributed by atoms with E-state index in [4.69, 9.17) is 5.14 Å². The first-order valence-electron chi connectivity index (χ1n) is 9.53. The lowest BCUT2D eigenvalue weighted by Crippen LogP contribution is -2.36. The molecule has 3 N–H and O–H groups in total. The zero-order valence-electron chi connectivity index (χ0n) is 16.7. The van der Waals surface area contributed by atoms with E-state index in [0.29, 0.717) is 13.0 Å². The molecule has 6 heteroatoms. The second-order valence-corrected chi connectivity index (χ2v) is 10.2. The predicted octanol–water partition coefficient (Wildman–Crippen LogP) is 3.02. The molecule has 0 saturated heterocycles. The predicted molar refractivity (Wildman–Crippen MR) is 111 cm³/mol. The minimum absolute atomic E-state index is 0.0668. The summed E-state index contributed by atoms with van der Waals surface area (Å²) in [7, 11) is -3.68. The molecule has 0 heterocycles. The van der Waals surface area contributed by atoms with E-state index >= 15 is 0 Å². The number of carbonyl (C=O) groups excluding carboxylic acids is 1. The molecule has 0 spiro atoms. The van der Waals surface area contributed by atoms with Crippen LogP contribution in [0.2, 0.25) is 0 Å². The highest BCUT2D eigenvalue weighted by Crippen LogP contribution is 2.48. The third kappa shape index (κ3) is 4.45. The van der Waals surface area contributed by atoms with Crippen LogP contribution < -0.4 is 10.5 Å². The molecule has 0 aliphatic heterocycles. The Hall–Kier alpha value is -2.18. The van der Waals surface area contributed by atoms with Crippen molar-refractivity contribution in [3.8, 4) is 0 Å². The molecule has 0 radical (unpaired) electrons. The van der Waals surface area contributed by atoms with Crippen molar-refractivity contribution < 1.29 is 13.2 Å². The van der Waals surface area contributed by atoms with Gasteiger partial charge in [0.25, 0.3) is 0 Å². The van der Waals surface area contributed by atoms with Gasteiger partial charge in [0.2, 0.25) is 15.9 Å². The smallest absolute Gasteiger partial charge is 0.238 e. The molecule has 0 unspecified atom stereocenters. The van der Waals surface area contributed by atoms with Crippen LogP contribution in [0, 0.1) is 0 Å². The zero-order chi connectivity index (χ0) is 20.6. The van der Waals surface area contributed by atoms with Crippen molar-refractivity contribution in [1.82, 2.24) is 5.32 Å². The maximum atomic E-state index is 12.8. The van der Waals surface area contributed by atoms with Gasteiger partial charge in [-0.05, 0) is 53.5 Å². The highest BCUT2D eigenvalue weighted by molar-refractivity contribution is 7.89. The van der Waals surface area contributed by atoms with E-state index in [2.05, 4.69) is 50.4 Å². The Kier molecular flexibility index (Phi) is 5.38. The lowest BCUT2D eigenvalue weighted by molar-refractivity contribution is -0.123. The van der Waals surface area contributed by atoms with Gasteiger partial charge in [-0.15, -0.1) is 0 Å². The monoisotopic (exact) mass is 400 g/mol. The molecule has 2 aromatic carbocycles. The van der Waals surface area contributed by atoms with Gasteiger partial charge >= 0.3 is 0 Å². The van der Waals surface area contributed by atoms with Crippen LogP contribution in [0.25, 0.3) is 0 Å². The third-order valence-corrected chi connectivity index (χ3v) is 6.37. The molecule has 1 fully saturated rings. The highest BCUT2D eigenvalue weighted by Gasteiger charge is 2.51. The van der Waals surface area contributed by atoms with Crippen LogP contribution in [0.4, 0.5) is 0 Å². The van der Waals surface area contributed by atoms with E-state index in [1.807, 2.05) is 0 Å². The maximum absolute atomic E-state index is 12.8. The highest BCUT2D eigenvalue weighted by atomic mass is 32.2. The van der Waals surface area contributed by atoms with Crippen molar-refractivity contribution in [3.63, 3.8) is 0 Å². The summed E-state index contributed by atoms with van der Waals surface area (Å²) in [6.45, 7) is 7.04. The number of sulfonamides is 1. The normalized spacial score (nSPS) is 15.9. The molecule has 1 amide bonds. The quantitative estimate of drug-likeness (QED) is 0.781. The molecular formula is C22H28N2O3S. The van der Waals surface area contributed by atoms with Crippen molar-refractivity contribution in [3.05, 3.63) is 65.2 Å². The van der Waals surface area contributed by atoms with Gasteiger partial charge in [0.15, 0.2) is 0 Å². The number of nitrogens with one attached hydrogen (secondary N) is 1. The Morgan fingerprint density at radius 2 is 1.61 bits per heavy atom. The summed E-state index contributed by atoms with van der Waals surface area (Å²) in [4.78, 5) is 12.9. The Morgan fingerprint density at radius 1 is 1.04 bits per heavy atom. The fraction of sp³-hybridized carbons (Fsp3) is 0.409. The molecule has 2 aromatic rings. The molecule has 0 bridgehead atoms. The zero-order valence-corrected chi connectivity index (χ0v) is 17.5. The largest absolute Gasteiger partial charge is 0.355 e. The van der Waals surface area contributed by atoms with Gasteiger partial charge in [-0.2, -0.15) is 0 Å². The van der Waals surface area contributed by atoms with Crippen LogP contribution in [0.3, 0.4) is 0 Å². The summed E-state index contributed by atoms with van der Waals surface area (Å²) >= 11 is 0. The molecule has 1 saturated carbocycles. The van der Waals surface area contributed by atoms with Crippen LogP contribution in [0.1, 0.15) is 50.3 Å². The van der Waals surface area contributed by atoms with Crippen molar-refractivity contribution in [2.24, 2.45) is 5.14 Å². The van der Waals surface area contributed by atoms with Crippen molar-refractivity contribution in [2.45, 2.75) is 55.8 Å². The van der Waals surface area contributed by atoms with E-state index in [0.717, 1.165) is 24.0 Å². The average Bonchev–Trinajstić information content (AvgIpc) is 3.43. The lowest BCUT2D eigenvalue weighted by atomic mass is 9.85. The number of nitrogens with two attached hydrogens (primary N) is 1. The number of primary sulfonamides is 1. The van der Waals surface area contributed by atoms with E-state index in [-0.39, 0.29) is 16.2 Å². The molecule has 3 rings (SSSR count). The van der Waals surface area contributed by atoms with Gasteiger partial charge < -0.3 is 5.32 Å². The molecular weight excluding hydrogens is 372 g/mol.